The van der Waals surface area contributed by atoms with Crippen LogP contribution in [0.1, 0.15) is 10.5 Å². The number of pyridine rings is 1. The monoisotopic (exact) mass is 476 g/mol. The van der Waals surface area contributed by atoms with Gasteiger partial charge in [-0.3, -0.25) is 4.98 Å². The van der Waals surface area contributed by atoms with Crippen molar-refractivity contribution < 1.29 is 14.3 Å². The number of esters is 1. The number of hydrogen-bond donors (Lipinski definition) is 2. The van der Waals surface area contributed by atoms with Crippen molar-refractivity contribution >= 4 is 34.3 Å². The lowest BCUT2D eigenvalue weighted by Gasteiger charge is -2.15. The average molecular weight is 477 g/mol. The van der Waals surface area contributed by atoms with E-state index >= 15 is 0 Å². The minimum atomic E-state index is -0.617. The molecular weight excluding hydrogens is 448 g/mol. The SMILES string of the molecule is CNc1nc(Nc2ccc(OCCN(C)C)cc2)c(C(=O)OC)nc1-c1cncc2c1ncn2C. The highest BCUT2D eigenvalue weighted by molar-refractivity contribution is 5.98. The lowest BCUT2D eigenvalue weighted by atomic mass is 10.1. The number of likely N-dealkylation sites (N-methyl/N-ethyl adjacent to an activating group) is 1. The van der Waals surface area contributed by atoms with E-state index in [0.717, 1.165) is 17.8 Å². The molecule has 4 aromatic rings. The molecule has 0 radical (unpaired) electrons. The number of aromatic nitrogens is 5. The van der Waals surface area contributed by atoms with Crippen LogP contribution in [0.25, 0.3) is 22.3 Å². The summed E-state index contributed by atoms with van der Waals surface area (Å²) in [5, 5.41) is 6.24. The van der Waals surface area contributed by atoms with Crippen molar-refractivity contribution in [3.05, 3.63) is 48.7 Å². The van der Waals surface area contributed by atoms with E-state index < -0.39 is 5.97 Å². The van der Waals surface area contributed by atoms with Crippen molar-refractivity contribution in [2.24, 2.45) is 7.05 Å². The Kier molecular flexibility index (Phi) is 7.06. The molecule has 11 heteroatoms. The van der Waals surface area contributed by atoms with Gasteiger partial charge >= 0.3 is 5.97 Å². The number of carbonyl (C=O) groups excluding carboxylic acids is 1. The number of methoxy groups -OCH3 is 1. The fourth-order valence-electron chi connectivity index (χ4n) is 3.46. The zero-order valence-electron chi connectivity index (χ0n) is 20.4. The number of nitrogens with one attached hydrogen (secondary N) is 2. The quantitative estimate of drug-likeness (QED) is 0.349. The Morgan fingerprint density at radius 3 is 2.57 bits per heavy atom. The Morgan fingerprint density at radius 2 is 1.89 bits per heavy atom. The number of anilines is 3. The molecule has 11 nitrogen and oxygen atoms in total. The van der Waals surface area contributed by atoms with Gasteiger partial charge in [-0.25, -0.2) is 19.7 Å². The Balaban J connectivity index is 1.69. The Labute approximate surface area is 203 Å². The van der Waals surface area contributed by atoms with Crippen LogP contribution in [0, 0.1) is 0 Å². The molecule has 0 unspecified atom stereocenters. The van der Waals surface area contributed by atoms with Crippen molar-refractivity contribution in [2.45, 2.75) is 0 Å². The second kappa shape index (κ2) is 10.3. The second-order valence-corrected chi connectivity index (χ2v) is 8.07. The second-order valence-electron chi connectivity index (χ2n) is 8.07. The van der Waals surface area contributed by atoms with Crippen LogP contribution in [-0.4, -0.2) is 76.8 Å². The summed E-state index contributed by atoms with van der Waals surface area (Å²) < 4.78 is 12.6. The number of hydrogen-bond acceptors (Lipinski definition) is 10. The van der Waals surface area contributed by atoms with Crippen LogP contribution in [-0.2, 0) is 11.8 Å². The molecule has 0 bridgehead atoms. The molecule has 182 valence electrons. The zero-order valence-corrected chi connectivity index (χ0v) is 20.4. The Bertz CT molecular complexity index is 1330. The molecule has 0 saturated heterocycles. The van der Waals surface area contributed by atoms with Crippen LogP contribution in [0.4, 0.5) is 17.3 Å². The maximum atomic E-state index is 12.7. The van der Waals surface area contributed by atoms with E-state index in [-0.39, 0.29) is 11.5 Å². The fraction of sp³-hybridized carbons (Fsp3) is 0.292. The predicted octanol–water partition coefficient (Wildman–Crippen LogP) is 2.94. The predicted molar refractivity (Wildman–Crippen MR) is 134 cm³/mol. The maximum Gasteiger partial charge on any atom is 0.360 e. The van der Waals surface area contributed by atoms with Gasteiger partial charge in [0.2, 0.25) is 0 Å². The van der Waals surface area contributed by atoms with Crippen LogP contribution in [0.2, 0.25) is 0 Å². The molecular formula is C24H28N8O3. The summed E-state index contributed by atoms with van der Waals surface area (Å²) in [5.41, 5.74) is 3.39. The Hall–Kier alpha value is -4.25. The van der Waals surface area contributed by atoms with Crippen molar-refractivity contribution in [1.82, 2.24) is 29.4 Å². The van der Waals surface area contributed by atoms with Gasteiger partial charge in [0, 0.05) is 32.5 Å². The van der Waals surface area contributed by atoms with Gasteiger partial charge in [-0.1, -0.05) is 0 Å². The first-order chi connectivity index (χ1) is 16.9. The molecule has 3 aromatic heterocycles. The van der Waals surface area contributed by atoms with Gasteiger partial charge in [-0.2, -0.15) is 0 Å². The average Bonchev–Trinajstić information content (AvgIpc) is 3.25. The van der Waals surface area contributed by atoms with E-state index in [2.05, 4.69) is 35.5 Å². The number of imidazole rings is 1. The summed E-state index contributed by atoms with van der Waals surface area (Å²) in [5.74, 6) is 0.851. The van der Waals surface area contributed by atoms with E-state index in [1.807, 2.05) is 50.0 Å². The Morgan fingerprint density at radius 1 is 1.11 bits per heavy atom. The van der Waals surface area contributed by atoms with Crippen LogP contribution < -0.4 is 15.4 Å². The fourth-order valence-corrected chi connectivity index (χ4v) is 3.46. The van der Waals surface area contributed by atoms with E-state index in [9.17, 15) is 4.79 Å². The number of benzene rings is 1. The van der Waals surface area contributed by atoms with E-state index in [1.54, 1.807) is 25.8 Å². The molecule has 4 rings (SSSR count). The van der Waals surface area contributed by atoms with E-state index in [0.29, 0.717) is 34.9 Å². The van der Waals surface area contributed by atoms with Gasteiger partial charge in [0.05, 0.1) is 30.7 Å². The van der Waals surface area contributed by atoms with Gasteiger partial charge in [0.15, 0.2) is 17.3 Å². The van der Waals surface area contributed by atoms with Crippen molar-refractivity contribution in [3.8, 4) is 17.0 Å². The summed E-state index contributed by atoms with van der Waals surface area (Å²) in [4.78, 5) is 32.8. The molecule has 2 N–H and O–H groups in total. The summed E-state index contributed by atoms with van der Waals surface area (Å²) >= 11 is 0. The molecule has 0 spiro atoms. The molecule has 0 atom stereocenters. The van der Waals surface area contributed by atoms with E-state index in [1.165, 1.54) is 7.11 Å². The van der Waals surface area contributed by atoms with Crippen LogP contribution in [0.15, 0.2) is 43.0 Å². The van der Waals surface area contributed by atoms with Gasteiger partial charge < -0.3 is 29.6 Å². The number of aryl methyl sites for hydroxylation is 1. The largest absolute Gasteiger partial charge is 0.492 e. The first-order valence-corrected chi connectivity index (χ1v) is 11.0. The first kappa shape index (κ1) is 23.9. The van der Waals surface area contributed by atoms with Crippen molar-refractivity contribution in [3.63, 3.8) is 0 Å². The normalized spacial score (nSPS) is 11.0. The van der Waals surface area contributed by atoms with Crippen LogP contribution in [0.3, 0.4) is 0 Å². The standard InChI is InChI=1S/C24H28N8O3/c1-25-22-20(17-12-26-13-18-19(17)27-14-32(18)4)29-21(24(33)34-5)23(30-22)28-15-6-8-16(9-7-15)35-11-10-31(2)3/h6-9,12-14H,10-11H2,1-5H3,(H2,25,28,30). The van der Waals surface area contributed by atoms with Crippen molar-refractivity contribution in [2.75, 3.05) is 52.0 Å². The number of fused-ring (bicyclic) bond motifs is 1. The minimum Gasteiger partial charge on any atom is -0.492 e. The first-order valence-electron chi connectivity index (χ1n) is 11.0. The van der Waals surface area contributed by atoms with Crippen LogP contribution in [0.5, 0.6) is 5.75 Å². The molecule has 3 heterocycles. The molecule has 0 aliphatic carbocycles. The van der Waals surface area contributed by atoms with Gasteiger partial charge in [-0.05, 0) is 38.4 Å². The lowest BCUT2D eigenvalue weighted by Crippen LogP contribution is -2.19. The number of carbonyl (C=O) groups is 1. The van der Waals surface area contributed by atoms with Gasteiger partial charge in [0.1, 0.15) is 23.6 Å². The van der Waals surface area contributed by atoms with Gasteiger partial charge in [-0.15, -0.1) is 0 Å². The molecule has 0 fully saturated rings. The maximum absolute atomic E-state index is 12.7. The third-order valence-corrected chi connectivity index (χ3v) is 5.33. The van der Waals surface area contributed by atoms with E-state index in [4.69, 9.17) is 9.47 Å². The molecule has 35 heavy (non-hydrogen) atoms. The van der Waals surface area contributed by atoms with Crippen molar-refractivity contribution in [1.29, 1.82) is 0 Å². The van der Waals surface area contributed by atoms with Gasteiger partial charge in [0.25, 0.3) is 0 Å². The summed E-state index contributed by atoms with van der Waals surface area (Å²) in [6, 6.07) is 7.40. The molecule has 0 aliphatic heterocycles. The molecule has 1 aromatic carbocycles. The highest BCUT2D eigenvalue weighted by atomic mass is 16.5. The highest BCUT2D eigenvalue weighted by Crippen LogP contribution is 2.32. The number of rotatable bonds is 9. The topological polar surface area (TPSA) is 119 Å². The summed E-state index contributed by atoms with van der Waals surface area (Å²) in [6.45, 7) is 1.40. The number of ether oxygens (including phenoxy) is 2. The van der Waals surface area contributed by atoms with Crippen LogP contribution >= 0.6 is 0 Å². The summed E-state index contributed by atoms with van der Waals surface area (Å²) in [6.07, 6.45) is 5.08. The minimum absolute atomic E-state index is 0.0424. The molecule has 0 saturated carbocycles. The molecule has 0 aliphatic rings. The molecule has 0 amide bonds. The third-order valence-electron chi connectivity index (χ3n) is 5.33. The summed E-state index contributed by atoms with van der Waals surface area (Å²) in [7, 11) is 8.92. The number of nitrogens with zero attached hydrogens (tertiary/aromatic N) is 6. The third kappa shape index (κ3) is 5.14. The lowest BCUT2D eigenvalue weighted by molar-refractivity contribution is 0.0595. The highest BCUT2D eigenvalue weighted by Gasteiger charge is 2.23. The smallest absolute Gasteiger partial charge is 0.360 e. The zero-order chi connectivity index (χ0) is 24.9.